The lowest BCUT2D eigenvalue weighted by atomic mass is 9.89. The van der Waals surface area contributed by atoms with Gasteiger partial charge >= 0.3 is 12.3 Å². The van der Waals surface area contributed by atoms with Crippen molar-refractivity contribution in [3.05, 3.63) is 35.4 Å². The molecule has 29 heavy (non-hydrogen) atoms. The Balaban J connectivity index is 1.92. The first-order chi connectivity index (χ1) is 13.7. The second-order valence-electron chi connectivity index (χ2n) is 8.40. The molecule has 1 aliphatic rings. The first kappa shape index (κ1) is 23.6. The van der Waals surface area contributed by atoms with Gasteiger partial charge in [0.2, 0.25) is 0 Å². The minimum Gasteiger partial charge on any atom is -0.446 e. The standard InChI is InChI=1S/C23H34F3NO2/c1-4-21(14-13-18-11-8-12-20(15-18)23(24,25)26)29-22(28)27(17(2)3)16-19-9-6-5-7-10-19/h8,11-12,15,17,19,21H,4-7,9-10,13-14,16H2,1-3H3. The van der Waals surface area contributed by atoms with E-state index in [1.54, 1.807) is 6.07 Å². The number of carbonyl (C=O) groups excluding carboxylic acids is 1. The first-order valence-electron chi connectivity index (χ1n) is 10.8. The molecule has 0 heterocycles. The van der Waals surface area contributed by atoms with Crippen LogP contribution in [0.2, 0.25) is 0 Å². The summed E-state index contributed by atoms with van der Waals surface area (Å²) in [5.74, 6) is 0.531. The summed E-state index contributed by atoms with van der Waals surface area (Å²) in [6.45, 7) is 6.65. The van der Waals surface area contributed by atoms with Crippen LogP contribution in [0.4, 0.5) is 18.0 Å². The molecule has 1 atom stereocenters. The van der Waals surface area contributed by atoms with Crippen LogP contribution in [-0.2, 0) is 17.3 Å². The van der Waals surface area contributed by atoms with E-state index in [2.05, 4.69) is 0 Å². The predicted octanol–water partition coefficient (Wildman–Crippen LogP) is 6.84. The van der Waals surface area contributed by atoms with Crippen LogP contribution in [0.1, 0.15) is 76.8 Å². The SMILES string of the molecule is CCC(CCc1cccc(C(F)(F)F)c1)OC(=O)N(CC1CCCCC1)C(C)C. The first-order valence-corrected chi connectivity index (χ1v) is 10.8. The molecule has 1 amide bonds. The fraction of sp³-hybridized carbons (Fsp3) is 0.696. The molecule has 0 N–H and O–H groups in total. The number of hydrogen-bond donors (Lipinski definition) is 0. The third kappa shape index (κ3) is 7.56. The molecule has 1 fully saturated rings. The third-order valence-electron chi connectivity index (χ3n) is 5.77. The lowest BCUT2D eigenvalue weighted by Gasteiger charge is -2.33. The van der Waals surface area contributed by atoms with Gasteiger partial charge in [-0.1, -0.05) is 44.4 Å². The smallest absolute Gasteiger partial charge is 0.416 e. The highest BCUT2D eigenvalue weighted by Gasteiger charge is 2.30. The summed E-state index contributed by atoms with van der Waals surface area (Å²) in [6.07, 6.45) is 2.68. The summed E-state index contributed by atoms with van der Waals surface area (Å²) in [5.41, 5.74) is -0.0317. The van der Waals surface area contributed by atoms with Crippen molar-refractivity contribution in [2.24, 2.45) is 5.92 Å². The van der Waals surface area contributed by atoms with Gasteiger partial charge in [0.15, 0.2) is 0 Å². The molecule has 1 aliphatic carbocycles. The van der Waals surface area contributed by atoms with E-state index in [9.17, 15) is 18.0 Å². The van der Waals surface area contributed by atoms with Crippen molar-refractivity contribution in [2.45, 2.75) is 90.5 Å². The normalized spacial score (nSPS) is 16.7. The Labute approximate surface area is 172 Å². The Morgan fingerprint density at radius 2 is 1.90 bits per heavy atom. The molecule has 0 aromatic heterocycles. The monoisotopic (exact) mass is 413 g/mol. The van der Waals surface area contributed by atoms with Gasteiger partial charge in [-0.05, 0) is 63.5 Å². The largest absolute Gasteiger partial charge is 0.446 e. The number of amides is 1. The average molecular weight is 414 g/mol. The van der Waals surface area contributed by atoms with Crippen molar-refractivity contribution in [3.63, 3.8) is 0 Å². The number of nitrogens with zero attached hydrogens (tertiary/aromatic N) is 1. The molecule has 0 bridgehead atoms. The summed E-state index contributed by atoms with van der Waals surface area (Å²) in [4.78, 5) is 14.6. The predicted molar refractivity (Wildman–Crippen MR) is 109 cm³/mol. The van der Waals surface area contributed by atoms with Gasteiger partial charge < -0.3 is 9.64 Å². The fourth-order valence-corrected chi connectivity index (χ4v) is 3.93. The van der Waals surface area contributed by atoms with Gasteiger partial charge in [-0.2, -0.15) is 13.2 Å². The van der Waals surface area contributed by atoms with Gasteiger partial charge in [0.05, 0.1) is 5.56 Å². The van der Waals surface area contributed by atoms with Crippen molar-refractivity contribution in [1.29, 1.82) is 0 Å². The lowest BCUT2D eigenvalue weighted by molar-refractivity contribution is -0.137. The molecule has 0 spiro atoms. The van der Waals surface area contributed by atoms with Gasteiger partial charge in [-0.15, -0.1) is 0 Å². The van der Waals surface area contributed by atoms with Crippen LogP contribution in [0.3, 0.4) is 0 Å². The van der Waals surface area contributed by atoms with Gasteiger partial charge in [0, 0.05) is 12.6 Å². The molecule has 164 valence electrons. The Hall–Kier alpha value is -1.72. The van der Waals surface area contributed by atoms with E-state index in [1.807, 2.05) is 25.7 Å². The molecule has 3 nitrogen and oxygen atoms in total. The molecule has 1 aromatic carbocycles. The molecule has 6 heteroatoms. The van der Waals surface area contributed by atoms with E-state index in [0.29, 0.717) is 30.7 Å². The average Bonchev–Trinajstić information content (AvgIpc) is 2.69. The Morgan fingerprint density at radius 1 is 1.21 bits per heavy atom. The second-order valence-corrected chi connectivity index (χ2v) is 8.40. The van der Waals surface area contributed by atoms with Gasteiger partial charge in [0.25, 0.3) is 0 Å². The van der Waals surface area contributed by atoms with Crippen molar-refractivity contribution < 1.29 is 22.7 Å². The number of aryl methyl sites for hydroxylation is 1. The highest BCUT2D eigenvalue weighted by Crippen LogP contribution is 2.30. The van der Waals surface area contributed by atoms with Crippen molar-refractivity contribution >= 4 is 6.09 Å². The number of rotatable bonds is 8. The number of ether oxygens (including phenoxy) is 1. The highest BCUT2D eigenvalue weighted by molar-refractivity contribution is 5.68. The zero-order valence-corrected chi connectivity index (χ0v) is 17.8. The van der Waals surface area contributed by atoms with E-state index in [0.717, 1.165) is 25.5 Å². The summed E-state index contributed by atoms with van der Waals surface area (Å²) in [7, 11) is 0. The molecular weight excluding hydrogens is 379 g/mol. The molecule has 1 saturated carbocycles. The third-order valence-corrected chi connectivity index (χ3v) is 5.77. The van der Waals surface area contributed by atoms with Crippen molar-refractivity contribution in [3.8, 4) is 0 Å². The highest BCUT2D eigenvalue weighted by atomic mass is 19.4. The number of carbonyl (C=O) groups is 1. The zero-order valence-electron chi connectivity index (χ0n) is 17.8. The van der Waals surface area contributed by atoms with Crippen LogP contribution in [-0.4, -0.2) is 29.7 Å². The second kappa shape index (κ2) is 10.9. The fourth-order valence-electron chi connectivity index (χ4n) is 3.93. The number of benzene rings is 1. The summed E-state index contributed by atoms with van der Waals surface area (Å²) in [5, 5.41) is 0. The quantitative estimate of drug-likeness (QED) is 0.467. The van der Waals surface area contributed by atoms with Crippen molar-refractivity contribution in [2.75, 3.05) is 6.54 Å². The molecule has 0 radical (unpaired) electrons. The number of alkyl halides is 3. The molecule has 0 saturated heterocycles. The molecule has 1 unspecified atom stereocenters. The van der Waals surface area contributed by atoms with Gasteiger partial charge in [0.1, 0.15) is 6.10 Å². The summed E-state index contributed by atoms with van der Waals surface area (Å²) >= 11 is 0. The molecule has 1 aromatic rings. The topological polar surface area (TPSA) is 29.5 Å². The molecule has 2 rings (SSSR count). The zero-order chi connectivity index (χ0) is 21.4. The van der Waals surface area contributed by atoms with Crippen LogP contribution in [0, 0.1) is 5.92 Å². The maximum absolute atomic E-state index is 12.9. The minimum absolute atomic E-state index is 0.0606. The van der Waals surface area contributed by atoms with Gasteiger partial charge in [-0.25, -0.2) is 4.79 Å². The Bertz CT molecular complexity index is 639. The molecular formula is C23H34F3NO2. The minimum atomic E-state index is -4.34. The maximum atomic E-state index is 12.9. The Kier molecular flexibility index (Phi) is 8.84. The Morgan fingerprint density at radius 3 is 2.48 bits per heavy atom. The van der Waals surface area contributed by atoms with E-state index in [4.69, 9.17) is 4.74 Å². The number of halogens is 3. The lowest BCUT2D eigenvalue weighted by Crippen LogP contribution is -2.42. The number of hydrogen-bond acceptors (Lipinski definition) is 2. The van der Waals surface area contributed by atoms with E-state index in [1.165, 1.54) is 31.4 Å². The van der Waals surface area contributed by atoms with Crippen LogP contribution in [0.25, 0.3) is 0 Å². The molecule has 0 aliphatic heterocycles. The van der Waals surface area contributed by atoms with Crippen LogP contribution >= 0.6 is 0 Å². The maximum Gasteiger partial charge on any atom is 0.416 e. The summed E-state index contributed by atoms with van der Waals surface area (Å²) in [6, 6.07) is 5.43. The summed E-state index contributed by atoms with van der Waals surface area (Å²) < 4.78 is 44.4. The van der Waals surface area contributed by atoms with Crippen LogP contribution in [0.5, 0.6) is 0 Å². The van der Waals surface area contributed by atoms with Crippen LogP contribution in [0.15, 0.2) is 24.3 Å². The van der Waals surface area contributed by atoms with Crippen molar-refractivity contribution in [1.82, 2.24) is 4.90 Å². The van der Waals surface area contributed by atoms with E-state index < -0.39 is 11.7 Å². The van der Waals surface area contributed by atoms with Gasteiger partial charge in [-0.3, -0.25) is 0 Å². The van der Waals surface area contributed by atoms with E-state index in [-0.39, 0.29) is 18.2 Å². The van der Waals surface area contributed by atoms with E-state index >= 15 is 0 Å². The van der Waals surface area contributed by atoms with Crippen LogP contribution < -0.4 is 0 Å².